The van der Waals surface area contributed by atoms with Crippen molar-refractivity contribution in [2.75, 3.05) is 26.4 Å². The van der Waals surface area contributed by atoms with E-state index in [4.69, 9.17) is 96.8 Å². The van der Waals surface area contributed by atoms with Crippen LogP contribution in [0.2, 0.25) is 0 Å². The molecular formula is C114H115N9O14S7. The Labute approximate surface area is 868 Å². The molecule has 2 aliphatic rings. The van der Waals surface area contributed by atoms with Gasteiger partial charge in [0.1, 0.15) is 13.2 Å². The van der Waals surface area contributed by atoms with Crippen molar-refractivity contribution in [3.8, 4) is 162 Å². The Kier molecular flexibility index (Phi) is 44.7. The third kappa shape index (κ3) is 30.7. The predicted octanol–water partition coefficient (Wildman–Crippen LogP) is 28.8. The van der Waals surface area contributed by atoms with Crippen LogP contribution in [0.5, 0.6) is 23.0 Å². The van der Waals surface area contributed by atoms with E-state index in [2.05, 4.69) is 242 Å². The number of hydrogen-bond donors (Lipinski definition) is 0. The van der Waals surface area contributed by atoms with Crippen LogP contribution in [0.4, 0.5) is 0 Å². The van der Waals surface area contributed by atoms with Crippen LogP contribution in [-0.4, -0.2) is 102 Å². The first-order valence-electron chi connectivity index (χ1n) is 48.4. The molecule has 0 aliphatic carbocycles. The molecule has 0 spiro atoms. The number of pyridine rings is 9. The molecular weight excluding hydrogens is 1940 g/mol. The molecule has 0 amide bonds. The second-order valence-corrected chi connectivity index (χ2v) is 41.2. The van der Waals surface area contributed by atoms with Gasteiger partial charge in [-0.25, -0.2) is 15.0 Å². The van der Waals surface area contributed by atoms with Crippen molar-refractivity contribution in [1.29, 1.82) is 0 Å². The maximum atomic E-state index is 8.12. The van der Waals surface area contributed by atoms with Gasteiger partial charge >= 0.3 is 30.8 Å². The number of aryl methyl sites for hydroxylation is 11. The molecule has 16 aromatic rings. The number of unbranched alkanes of at least 4 members (excludes halogenated alkanes) is 9. The van der Waals surface area contributed by atoms with Crippen LogP contribution in [0, 0.1) is 20.8 Å². The van der Waals surface area contributed by atoms with E-state index in [1.54, 1.807) is 34.0 Å². The molecule has 0 unspecified atom stereocenters. The standard InChI is InChI=1S/C39H47N3S2.C36H31N3O4S3.C34H37N3S2.5CO2/c1-5-9-11-13-15-30-24-38(43-27-30)39-32(16-14-12-10-6-2)26-37(44-39)31-18-20-41-34(25-31)36-23-29(8-4)22-35(42-36)33-21-28(7-3)17-19-40-33;1-4-22-8-10-37-24(18-22)26-16-20(2)17-27(39-26)25-19-23(9-11-38-25)28-6-7-29(45-28)34-32-33(43-15-14-42-32)36(46-34)35-31-30(21(3)44-35)40-12-5-13-41-31;1-5-8-9-10-11-27-18-23(4)38-34(27)33-13-12-32(39-33)26-15-17-36-29(22-26)31-21-25(7-3)20-30(37-31)28-19-24(6-2)14-16-35-28;5*2-1-3/h17-27H,5-16H2,1-4H3;6-11,16-19H,4-5,12-15H2,1-3H3;12-22H,5-11H2,1-4H3;;;;;. The second-order valence-electron chi connectivity index (χ2n) is 33.6. The minimum atomic E-state index is 0.250. The van der Waals surface area contributed by atoms with Crippen molar-refractivity contribution in [2.45, 2.75) is 211 Å². The first-order chi connectivity index (χ1) is 70.3. The lowest BCUT2D eigenvalue weighted by Gasteiger charge is -2.17. The molecule has 18 heterocycles. The van der Waals surface area contributed by atoms with Crippen molar-refractivity contribution in [2.24, 2.45) is 0 Å². The highest BCUT2D eigenvalue weighted by molar-refractivity contribution is 7.28. The van der Waals surface area contributed by atoms with Gasteiger partial charge in [0.25, 0.3) is 0 Å². The average molecular weight is 2060 g/mol. The smallest absolute Gasteiger partial charge is 0.373 e. The molecule has 18 rings (SSSR count). The summed E-state index contributed by atoms with van der Waals surface area (Å²) in [7, 11) is 0. The molecule has 0 saturated heterocycles. The monoisotopic (exact) mass is 2060 g/mol. The summed E-state index contributed by atoms with van der Waals surface area (Å²) in [4.78, 5) is 141. The van der Waals surface area contributed by atoms with Crippen LogP contribution in [0.1, 0.15) is 199 Å². The van der Waals surface area contributed by atoms with Crippen molar-refractivity contribution in [3.05, 3.63) is 254 Å². The maximum Gasteiger partial charge on any atom is 0.373 e. The summed E-state index contributed by atoms with van der Waals surface area (Å²) in [6.45, 7) is 26.4. The highest BCUT2D eigenvalue weighted by Crippen LogP contribution is 2.61. The lowest BCUT2D eigenvalue weighted by molar-refractivity contribution is -0.193. The first-order valence-corrected chi connectivity index (χ1v) is 54.2. The number of aromatic nitrogens is 9. The molecule has 16 aromatic heterocycles. The van der Waals surface area contributed by atoms with Gasteiger partial charge < -0.3 is 18.9 Å². The topological polar surface area (TPSA) is 324 Å². The third-order valence-corrected chi connectivity index (χ3v) is 32.0. The Morgan fingerprint density at radius 1 is 0.271 bits per heavy atom. The summed E-state index contributed by atoms with van der Waals surface area (Å²) >= 11 is 12.8. The maximum absolute atomic E-state index is 8.12. The summed E-state index contributed by atoms with van der Waals surface area (Å²) in [5.41, 5.74) is 26.0. The molecule has 0 N–H and O–H groups in total. The quantitative estimate of drug-likeness (QED) is 0.0345. The molecule has 0 aromatic carbocycles. The summed E-state index contributed by atoms with van der Waals surface area (Å²) in [6.07, 6.45) is 37.3. The van der Waals surface area contributed by atoms with Crippen molar-refractivity contribution < 1.29 is 66.9 Å². The zero-order chi connectivity index (χ0) is 103. The predicted molar refractivity (Wildman–Crippen MR) is 572 cm³/mol. The minimum Gasteiger partial charge on any atom is -0.488 e. The van der Waals surface area contributed by atoms with Crippen LogP contribution < -0.4 is 18.9 Å². The van der Waals surface area contributed by atoms with Crippen LogP contribution in [-0.2, 0) is 99.3 Å². The molecule has 0 radical (unpaired) electrons. The lowest BCUT2D eigenvalue weighted by atomic mass is 10.0. The zero-order valence-electron chi connectivity index (χ0n) is 82.8. The fourth-order valence-electron chi connectivity index (χ4n) is 16.4. The SMILES string of the molecule is CCCCCCc1cc(C)sc1-c1ccc(-c2ccnc(-c3cc(CC)cc(-c4cc(CC)ccn4)n3)c2)s1.CCCCCCc1csc(-c2sc(-c3ccnc(-c4cc(CC)cc(-c5cc(CC)ccn5)n4)c3)cc2CCCCCC)c1.CCc1ccnc(-c2cc(C)cc(-c3cc(-c4ccc(-c5sc(-c6sc(C)c7c6OCCCO7)c6c5OCCO6)s4)ccn3)n2)c1.O=C=O.O=C=O.O=C=O.O=C=O.O=C=O. The Balaban J connectivity index is 0.000000193. The number of rotatable bonds is 33. The molecule has 0 atom stereocenters. The fourth-order valence-corrected chi connectivity index (χ4v) is 24.3. The number of thiophene rings is 7. The van der Waals surface area contributed by atoms with Crippen LogP contribution in [0.3, 0.4) is 0 Å². The highest BCUT2D eigenvalue weighted by atomic mass is 32.1. The number of hydrogen-bond acceptors (Lipinski definition) is 30. The normalized spacial score (nSPS) is 11.2. The molecule has 0 bridgehead atoms. The van der Waals surface area contributed by atoms with Crippen LogP contribution >= 0.6 is 79.4 Å². The van der Waals surface area contributed by atoms with E-state index in [0.717, 1.165) is 177 Å². The Morgan fingerprint density at radius 2 is 0.611 bits per heavy atom. The highest BCUT2D eigenvalue weighted by Gasteiger charge is 2.33. The van der Waals surface area contributed by atoms with E-state index in [-0.39, 0.29) is 30.8 Å². The number of carbonyl (C=O) groups excluding carboxylic acids is 10. The zero-order valence-corrected chi connectivity index (χ0v) is 88.5. The molecule has 742 valence electrons. The van der Waals surface area contributed by atoms with E-state index >= 15 is 0 Å². The first kappa shape index (κ1) is 111. The van der Waals surface area contributed by atoms with Gasteiger partial charge in [-0.15, -0.1) is 79.4 Å². The van der Waals surface area contributed by atoms with Gasteiger partial charge in [-0.05, 0) is 315 Å². The lowest BCUT2D eigenvalue weighted by Crippen LogP contribution is -2.14. The second kappa shape index (κ2) is 58.2. The van der Waals surface area contributed by atoms with Gasteiger partial charge in [-0.3, -0.25) is 29.9 Å². The molecule has 30 heteroatoms. The van der Waals surface area contributed by atoms with Crippen molar-refractivity contribution >= 4 is 110 Å². The Bertz CT molecular complexity index is 7000. The van der Waals surface area contributed by atoms with E-state index < -0.39 is 0 Å². The number of nitrogens with zero attached hydrogens (tertiary/aromatic N) is 9. The molecule has 23 nitrogen and oxygen atoms in total. The summed E-state index contributed by atoms with van der Waals surface area (Å²) in [6, 6.07) is 54.5. The van der Waals surface area contributed by atoms with Gasteiger partial charge in [0.05, 0.1) is 96.2 Å². The van der Waals surface area contributed by atoms with Crippen LogP contribution in [0.15, 0.2) is 194 Å². The Morgan fingerprint density at radius 3 is 1.04 bits per heavy atom. The molecule has 0 saturated carbocycles. The third-order valence-electron chi connectivity index (χ3n) is 23.5. The molecule has 144 heavy (non-hydrogen) atoms. The number of fused-ring (bicyclic) bond motifs is 2. The van der Waals surface area contributed by atoms with E-state index in [0.29, 0.717) is 26.4 Å². The van der Waals surface area contributed by atoms with Gasteiger partial charge in [-0.1, -0.05) is 113 Å². The summed E-state index contributed by atoms with van der Waals surface area (Å²) in [5.74, 6) is 3.28. The van der Waals surface area contributed by atoms with Crippen molar-refractivity contribution in [3.63, 3.8) is 0 Å². The van der Waals surface area contributed by atoms with E-state index in [1.165, 1.54) is 180 Å². The van der Waals surface area contributed by atoms with Gasteiger partial charge in [0, 0.05) is 92.4 Å². The Hall–Kier alpha value is -13.6. The number of ether oxygens (including phenoxy) is 4. The summed E-state index contributed by atoms with van der Waals surface area (Å²) in [5, 5.41) is 2.39. The van der Waals surface area contributed by atoms with E-state index in [9.17, 15) is 0 Å². The molecule has 2 aliphatic heterocycles. The summed E-state index contributed by atoms with van der Waals surface area (Å²) < 4.78 is 24.8. The van der Waals surface area contributed by atoms with Gasteiger partial charge in [0.2, 0.25) is 0 Å². The largest absolute Gasteiger partial charge is 0.488 e. The average Bonchev–Trinajstić information content (AvgIpc) is 1.60. The van der Waals surface area contributed by atoms with Gasteiger partial charge in [0.15, 0.2) is 23.0 Å². The fraction of sp³-hybridized carbons (Fsp3) is 0.316. The minimum absolute atomic E-state index is 0.250. The van der Waals surface area contributed by atoms with Crippen LogP contribution in [0.25, 0.3) is 139 Å². The van der Waals surface area contributed by atoms with Gasteiger partial charge in [-0.2, -0.15) is 47.9 Å². The molecule has 0 fully saturated rings. The van der Waals surface area contributed by atoms with E-state index in [1.807, 2.05) is 88.6 Å². The van der Waals surface area contributed by atoms with Crippen molar-refractivity contribution in [1.82, 2.24) is 44.9 Å².